The molecule has 0 aliphatic rings. The molecule has 12 heteroatoms. The molecule has 1 heterocycles. The number of amides is 2. The van der Waals surface area contributed by atoms with Crippen molar-refractivity contribution in [3.8, 4) is 0 Å². The number of hydrogen-bond acceptors (Lipinski definition) is 6. The smallest absolute Gasteiger partial charge is 0.326 e. The van der Waals surface area contributed by atoms with Crippen molar-refractivity contribution < 1.29 is 27.2 Å². The van der Waals surface area contributed by atoms with E-state index in [2.05, 4.69) is 15.6 Å². The second-order valence-corrected chi connectivity index (χ2v) is 10.2. The maximum absolute atomic E-state index is 13.3. The number of benzene rings is 2. The molecule has 3 rings (SSSR count). The molecule has 0 saturated carbocycles. The largest absolute Gasteiger partial charge is 0.416 e. The molecule has 0 bridgehead atoms. The number of fused-ring (bicyclic) bond motifs is 1. The average Bonchev–Trinajstić information content (AvgIpc) is 2.92. The van der Waals surface area contributed by atoms with E-state index in [4.69, 9.17) is 17.2 Å². The molecule has 220 valence electrons. The van der Waals surface area contributed by atoms with Gasteiger partial charge in [-0.25, -0.2) is 0 Å². The highest BCUT2D eigenvalue weighted by Gasteiger charge is 2.30. The molecule has 41 heavy (non-hydrogen) atoms. The lowest BCUT2D eigenvalue weighted by molar-refractivity contribution is -0.907. The third-order valence-electron chi connectivity index (χ3n) is 6.79. The predicted octanol–water partition coefficient (Wildman–Crippen LogP) is 2.82. The summed E-state index contributed by atoms with van der Waals surface area (Å²) in [6.07, 6.45) is -0.765. The van der Waals surface area contributed by atoms with Crippen LogP contribution in [0.4, 0.5) is 18.9 Å². The number of hydrogen-bond donors (Lipinski definition) is 5. The number of nitrogens with two attached hydrogens (primary N) is 3. The number of nitrogens with one attached hydrogen (secondary N) is 2. The summed E-state index contributed by atoms with van der Waals surface area (Å²) in [5.41, 5.74) is 18.0. The molecule has 0 spiro atoms. The van der Waals surface area contributed by atoms with Gasteiger partial charge in [0.05, 0.1) is 55.7 Å². The number of pyridine rings is 1. The van der Waals surface area contributed by atoms with E-state index < -0.39 is 29.6 Å². The SMILES string of the molecule is C[N+](CCN)(CCN)CCC[C@H](N)C(=O)N/C(=C/c1ccc(C(F)(F)F)cc1)C(=O)Nc1cnc2ccccc2c1. The van der Waals surface area contributed by atoms with Crippen LogP contribution < -0.4 is 27.8 Å². The van der Waals surface area contributed by atoms with Gasteiger partial charge in [-0.3, -0.25) is 14.6 Å². The molecular formula is C29H37F3N7O2+. The highest BCUT2D eigenvalue weighted by atomic mass is 19.4. The summed E-state index contributed by atoms with van der Waals surface area (Å²) >= 11 is 0. The van der Waals surface area contributed by atoms with Crippen molar-refractivity contribution in [2.24, 2.45) is 17.2 Å². The molecule has 2 aromatic carbocycles. The van der Waals surface area contributed by atoms with Gasteiger partial charge < -0.3 is 32.3 Å². The Morgan fingerprint density at radius 1 is 1.02 bits per heavy atom. The Morgan fingerprint density at radius 2 is 1.68 bits per heavy atom. The number of likely N-dealkylation sites (N-methyl/N-ethyl adjacent to an activating group) is 1. The van der Waals surface area contributed by atoms with Crippen molar-refractivity contribution >= 4 is 34.5 Å². The zero-order chi connectivity index (χ0) is 30.0. The number of nitrogens with zero attached hydrogens (tertiary/aromatic N) is 2. The number of quaternary nitrogens is 1. The summed E-state index contributed by atoms with van der Waals surface area (Å²) in [6.45, 7) is 3.20. The molecule has 3 aromatic rings. The van der Waals surface area contributed by atoms with Gasteiger partial charge in [-0.05, 0) is 48.7 Å². The summed E-state index contributed by atoms with van der Waals surface area (Å²) < 4.78 is 39.7. The standard InChI is InChI=1S/C29H36F3N7O2/c1-39(15-12-33,16-13-34)14-4-6-24(35)27(40)38-26(17-20-8-10-22(11-9-20)29(30,31)32)28(41)37-23-18-21-5-2-3-7-25(21)36-19-23/h2-3,5,7-11,17-19,24H,4,6,12-16,33-35H2,1H3,(H-,37,38,40,41)/p+1/b26-17+/t24-/m0/s1. The van der Waals surface area contributed by atoms with Gasteiger partial charge in [0.2, 0.25) is 5.91 Å². The molecule has 0 aliphatic heterocycles. The number of anilines is 1. The van der Waals surface area contributed by atoms with Crippen LogP contribution in [0.15, 0.2) is 66.5 Å². The minimum Gasteiger partial charge on any atom is -0.326 e. The minimum atomic E-state index is -4.50. The fraction of sp³-hybridized carbons (Fsp3) is 0.345. The lowest BCUT2D eigenvalue weighted by Gasteiger charge is -2.34. The Balaban J connectivity index is 1.77. The lowest BCUT2D eigenvalue weighted by Crippen LogP contribution is -2.51. The van der Waals surface area contributed by atoms with Crippen LogP contribution in [-0.4, -0.2) is 67.1 Å². The Bertz CT molecular complexity index is 1350. The van der Waals surface area contributed by atoms with Crippen molar-refractivity contribution in [3.63, 3.8) is 0 Å². The summed E-state index contributed by atoms with van der Waals surface area (Å²) in [7, 11) is 2.04. The van der Waals surface area contributed by atoms with Crippen LogP contribution in [0.5, 0.6) is 0 Å². The van der Waals surface area contributed by atoms with E-state index in [9.17, 15) is 22.8 Å². The van der Waals surface area contributed by atoms with E-state index in [1.165, 1.54) is 24.4 Å². The van der Waals surface area contributed by atoms with E-state index >= 15 is 0 Å². The Labute approximate surface area is 237 Å². The molecular weight excluding hydrogens is 535 g/mol. The second-order valence-electron chi connectivity index (χ2n) is 10.2. The lowest BCUT2D eigenvalue weighted by atomic mass is 10.1. The summed E-state index contributed by atoms with van der Waals surface area (Å²) in [4.78, 5) is 30.6. The van der Waals surface area contributed by atoms with Crippen LogP contribution in [0, 0.1) is 0 Å². The number of aromatic nitrogens is 1. The van der Waals surface area contributed by atoms with E-state index in [0.717, 1.165) is 42.7 Å². The monoisotopic (exact) mass is 572 g/mol. The average molecular weight is 573 g/mol. The van der Waals surface area contributed by atoms with Crippen molar-refractivity contribution in [2.45, 2.75) is 25.1 Å². The third-order valence-corrected chi connectivity index (χ3v) is 6.79. The second kappa shape index (κ2) is 14.2. The van der Waals surface area contributed by atoms with Crippen molar-refractivity contribution in [2.75, 3.05) is 45.1 Å². The van der Waals surface area contributed by atoms with Crippen LogP contribution in [0.3, 0.4) is 0 Å². The van der Waals surface area contributed by atoms with E-state index in [0.29, 0.717) is 36.1 Å². The van der Waals surface area contributed by atoms with Gasteiger partial charge in [-0.1, -0.05) is 30.3 Å². The topological polar surface area (TPSA) is 149 Å². The highest BCUT2D eigenvalue weighted by Crippen LogP contribution is 2.29. The van der Waals surface area contributed by atoms with Crippen molar-refractivity contribution in [3.05, 3.63) is 77.6 Å². The summed E-state index contributed by atoms with van der Waals surface area (Å²) in [5.74, 6) is -1.28. The fourth-order valence-corrected chi connectivity index (χ4v) is 4.44. The minimum absolute atomic E-state index is 0.176. The van der Waals surface area contributed by atoms with E-state index in [1.54, 1.807) is 6.07 Å². The number of rotatable bonds is 13. The molecule has 1 atom stereocenters. The van der Waals surface area contributed by atoms with Crippen LogP contribution >= 0.6 is 0 Å². The number of carbonyl (C=O) groups excluding carboxylic acids is 2. The molecule has 9 nitrogen and oxygen atoms in total. The van der Waals surface area contributed by atoms with Crippen molar-refractivity contribution in [1.82, 2.24) is 10.3 Å². The Kier molecular flexibility index (Phi) is 11.0. The Morgan fingerprint density at radius 3 is 2.32 bits per heavy atom. The van der Waals surface area contributed by atoms with E-state index in [1.807, 2.05) is 31.3 Å². The van der Waals surface area contributed by atoms with Gasteiger partial charge >= 0.3 is 6.18 Å². The zero-order valence-corrected chi connectivity index (χ0v) is 23.0. The maximum atomic E-state index is 13.3. The quantitative estimate of drug-likeness (QED) is 0.157. The Hall–Kier alpha value is -3.84. The van der Waals surface area contributed by atoms with Gasteiger partial charge in [-0.15, -0.1) is 0 Å². The van der Waals surface area contributed by atoms with Crippen LogP contribution in [0.2, 0.25) is 0 Å². The van der Waals surface area contributed by atoms with Crippen LogP contribution in [0.1, 0.15) is 24.0 Å². The first-order valence-electron chi connectivity index (χ1n) is 13.3. The molecule has 0 aliphatic carbocycles. The zero-order valence-electron chi connectivity index (χ0n) is 23.0. The molecule has 1 aromatic heterocycles. The first-order chi connectivity index (χ1) is 19.4. The van der Waals surface area contributed by atoms with Gasteiger partial charge in [0.25, 0.3) is 5.91 Å². The number of carbonyl (C=O) groups is 2. The van der Waals surface area contributed by atoms with Crippen molar-refractivity contribution in [1.29, 1.82) is 0 Å². The van der Waals surface area contributed by atoms with Crippen LogP contribution in [-0.2, 0) is 15.8 Å². The maximum Gasteiger partial charge on any atom is 0.416 e. The number of halogens is 3. The molecule has 2 amide bonds. The molecule has 8 N–H and O–H groups in total. The number of alkyl halides is 3. The summed E-state index contributed by atoms with van der Waals surface area (Å²) in [6, 6.07) is 12.4. The molecule has 0 fully saturated rings. The fourth-order valence-electron chi connectivity index (χ4n) is 4.44. The molecule has 0 radical (unpaired) electrons. The third kappa shape index (κ3) is 9.35. The molecule has 0 unspecified atom stereocenters. The van der Waals surface area contributed by atoms with Gasteiger partial charge in [0.1, 0.15) is 5.70 Å². The first-order valence-corrected chi connectivity index (χ1v) is 13.3. The van der Waals surface area contributed by atoms with Gasteiger partial charge in [0, 0.05) is 18.5 Å². The van der Waals surface area contributed by atoms with E-state index in [-0.39, 0.29) is 11.3 Å². The summed E-state index contributed by atoms with van der Waals surface area (Å²) in [5, 5.41) is 6.05. The van der Waals surface area contributed by atoms with Gasteiger partial charge in [0.15, 0.2) is 0 Å². The normalized spacial score (nSPS) is 13.2. The van der Waals surface area contributed by atoms with Gasteiger partial charge in [-0.2, -0.15) is 13.2 Å². The predicted molar refractivity (Wildman–Crippen MR) is 154 cm³/mol. The molecule has 0 saturated heterocycles. The first kappa shape index (κ1) is 31.7. The highest BCUT2D eigenvalue weighted by molar-refractivity contribution is 6.09. The number of para-hydroxylation sites is 1. The van der Waals surface area contributed by atoms with Crippen LogP contribution in [0.25, 0.3) is 17.0 Å².